The fraction of sp³-hybridized carbons (Fsp3) is 0.696. The van der Waals surface area contributed by atoms with Gasteiger partial charge in [-0.25, -0.2) is 15.0 Å². The van der Waals surface area contributed by atoms with Crippen LogP contribution >= 0.6 is 0 Å². The molecule has 0 radical (unpaired) electrons. The lowest BCUT2D eigenvalue weighted by molar-refractivity contribution is 0.122. The second-order valence-corrected chi connectivity index (χ2v) is 9.35. The number of aliphatic hydroxyl groups is 1. The Labute approximate surface area is 179 Å². The zero-order valence-electron chi connectivity index (χ0n) is 18.8. The molecule has 2 aromatic rings. The zero-order chi connectivity index (χ0) is 21.3. The SMILES string of the molecule is CCCC(C)Nc1ncc2c(N3CC(N(C)C)C3)ncc(C3CCC(O)CC3)c2n1. The van der Waals surface area contributed by atoms with Crippen LogP contribution in [-0.4, -0.2) is 70.3 Å². The van der Waals surface area contributed by atoms with Crippen molar-refractivity contribution in [3.63, 3.8) is 0 Å². The van der Waals surface area contributed by atoms with E-state index in [2.05, 4.69) is 48.0 Å². The normalized spacial score (nSPS) is 23.6. The van der Waals surface area contributed by atoms with Gasteiger partial charge < -0.3 is 20.2 Å². The van der Waals surface area contributed by atoms with Crippen molar-refractivity contribution >= 4 is 22.7 Å². The second-order valence-electron chi connectivity index (χ2n) is 9.35. The predicted octanol–water partition coefficient (Wildman–Crippen LogP) is 3.39. The number of anilines is 2. The summed E-state index contributed by atoms with van der Waals surface area (Å²) in [5, 5.41) is 14.5. The topological polar surface area (TPSA) is 77.4 Å². The lowest BCUT2D eigenvalue weighted by Crippen LogP contribution is -2.57. The number of pyridine rings is 1. The Kier molecular flexibility index (Phi) is 6.39. The molecule has 2 aromatic heterocycles. The van der Waals surface area contributed by atoms with Crippen LogP contribution in [0, 0.1) is 0 Å². The van der Waals surface area contributed by atoms with Crippen molar-refractivity contribution in [2.75, 3.05) is 37.4 Å². The first-order valence-corrected chi connectivity index (χ1v) is 11.5. The molecular weight excluding hydrogens is 376 g/mol. The Hall–Kier alpha value is -1.99. The van der Waals surface area contributed by atoms with Crippen LogP contribution in [-0.2, 0) is 0 Å². The summed E-state index contributed by atoms with van der Waals surface area (Å²) >= 11 is 0. The number of hydrogen-bond donors (Lipinski definition) is 2. The van der Waals surface area contributed by atoms with Crippen molar-refractivity contribution < 1.29 is 5.11 Å². The van der Waals surface area contributed by atoms with Gasteiger partial charge in [0.25, 0.3) is 0 Å². The average molecular weight is 413 g/mol. The van der Waals surface area contributed by atoms with Gasteiger partial charge in [-0.2, -0.15) is 0 Å². The standard InChI is InChI=1S/C23H36N6O/c1-5-6-15(2)26-23-25-12-20-21(27-23)19(16-7-9-18(30)10-8-16)11-24-22(20)29-13-17(14-29)28(3)4/h11-12,15-18,30H,5-10,13-14H2,1-4H3,(H,25,26,27). The van der Waals surface area contributed by atoms with E-state index >= 15 is 0 Å². The van der Waals surface area contributed by atoms with E-state index < -0.39 is 0 Å². The van der Waals surface area contributed by atoms with Crippen LogP contribution in [0.1, 0.15) is 63.9 Å². The van der Waals surface area contributed by atoms with Gasteiger partial charge in [-0.1, -0.05) is 13.3 Å². The maximum atomic E-state index is 9.95. The van der Waals surface area contributed by atoms with Gasteiger partial charge in [-0.15, -0.1) is 0 Å². The number of nitrogens with one attached hydrogen (secondary N) is 1. The number of fused-ring (bicyclic) bond motifs is 1. The number of aliphatic hydroxyl groups excluding tert-OH is 1. The van der Waals surface area contributed by atoms with Crippen molar-refractivity contribution in [2.24, 2.45) is 0 Å². The van der Waals surface area contributed by atoms with E-state index in [4.69, 9.17) is 9.97 Å². The Morgan fingerprint density at radius 2 is 1.90 bits per heavy atom. The van der Waals surface area contributed by atoms with Gasteiger partial charge in [-0.05, 0) is 59.0 Å². The Morgan fingerprint density at radius 3 is 2.57 bits per heavy atom. The van der Waals surface area contributed by atoms with E-state index in [1.165, 1.54) is 5.56 Å². The Bertz CT molecular complexity index is 858. The fourth-order valence-electron chi connectivity index (χ4n) is 4.71. The molecule has 2 N–H and O–H groups in total. The molecule has 1 saturated carbocycles. The summed E-state index contributed by atoms with van der Waals surface area (Å²) in [5.41, 5.74) is 2.23. The summed E-state index contributed by atoms with van der Waals surface area (Å²) in [4.78, 5) is 19.1. The van der Waals surface area contributed by atoms with Crippen LogP contribution < -0.4 is 10.2 Å². The van der Waals surface area contributed by atoms with E-state index in [9.17, 15) is 5.11 Å². The summed E-state index contributed by atoms with van der Waals surface area (Å²) in [7, 11) is 4.26. The lowest BCUT2D eigenvalue weighted by Gasteiger charge is -2.44. The molecule has 2 aliphatic rings. The third-order valence-electron chi connectivity index (χ3n) is 6.75. The van der Waals surface area contributed by atoms with E-state index in [0.29, 0.717) is 23.9 Å². The highest BCUT2D eigenvalue weighted by Crippen LogP contribution is 2.38. The summed E-state index contributed by atoms with van der Waals surface area (Å²) in [6.07, 6.45) is 9.74. The molecule has 7 heteroatoms. The van der Waals surface area contributed by atoms with Gasteiger partial charge in [0.1, 0.15) is 5.82 Å². The van der Waals surface area contributed by atoms with Gasteiger partial charge in [0.2, 0.25) is 5.95 Å². The van der Waals surface area contributed by atoms with Crippen LogP contribution in [0.4, 0.5) is 11.8 Å². The molecule has 2 fully saturated rings. The molecule has 1 unspecified atom stereocenters. The second kappa shape index (κ2) is 9.02. The first kappa shape index (κ1) is 21.2. The lowest BCUT2D eigenvalue weighted by atomic mass is 9.82. The number of aromatic nitrogens is 3. The molecule has 164 valence electrons. The highest BCUT2D eigenvalue weighted by molar-refractivity contribution is 5.92. The zero-order valence-corrected chi connectivity index (χ0v) is 18.8. The van der Waals surface area contributed by atoms with Crippen molar-refractivity contribution in [2.45, 2.75) is 76.5 Å². The van der Waals surface area contributed by atoms with Crippen LogP contribution in [0.3, 0.4) is 0 Å². The molecule has 0 aromatic carbocycles. The van der Waals surface area contributed by atoms with E-state index in [1.54, 1.807) is 0 Å². The quantitative estimate of drug-likeness (QED) is 0.722. The van der Waals surface area contributed by atoms with Crippen LogP contribution in [0.5, 0.6) is 0 Å². The maximum absolute atomic E-state index is 9.95. The first-order chi connectivity index (χ1) is 14.5. The largest absolute Gasteiger partial charge is 0.393 e. The minimum absolute atomic E-state index is 0.162. The third-order valence-corrected chi connectivity index (χ3v) is 6.75. The van der Waals surface area contributed by atoms with Crippen molar-refractivity contribution in [1.82, 2.24) is 19.9 Å². The molecule has 4 rings (SSSR count). The molecule has 1 atom stereocenters. The van der Waals surface area contributed by atoms with Gasteiger partial charge in [0.15, 0.2) is 0 Å². The minimum Gasteiger partial charge on any atom is -0.393 e. The first-order valence-electron chi connectivity index (χ1n) is 11.5. The third kappa shape index (κ3) is 4.37. The number of likely N-dealkylation sites (N-methyl/N-ethyl adjacent to an activating group) is 1. The van der Waals surface area contributed by atoms with Crippen molar-refractivity contribution in [3.05, 3.63) is 18.0 Å². The van der Waals surface area contributed by atoms with Crippen LogP contribution in [0.25, 0.3) is 10.9 Å². The highest BCUT2D eigenvalue weighted by Gasteiger charge is 2.32. The smallest absolute Gasteiger partial charge is 0.223 e. The van der Waals surface area contributed by atoms with Gasteiger partial charge in [0.05, 0.1) is 17.0 Å². The number of hydrogen-bond acceptors (Lipinski definition) is 7. The van der Waals surface area contributed by atoms with Gasteiger partial charge in [-0.3, -0.25) is 0 Å². The molecule has 1 saturated heterocycles. The molecule has 7 nitrogen and oxygen atoms in total. The summed E-state index contributed by atoms with van der Waals surface area (Å²) in [5.74, 6) is 2.10. The summed E-state index contributed by atoms with van der Waals surface area (Å²) < 4.78 is 0. The molecular formula is C23H36N6O. The highest BCUT2D eigenvalue weighted by atomic mass is 16.3. The molecule has 1 aliphatic heterocycles. The molecule has 30 heavy (non-hydrogen) atoms. The molecule has 0 bridgehead atoms. The van der Waals surface area contributed by atoms with E-state index in [1.807, 2.05) is 12.4 Å². The monoisotopic (exact) mass is 412 g/mol. The maximum Gasteiger partial charge on any atom is 0.223 e. The molecule has 0 amide bonds. The summed E-state index contributed by atoms with van der Waals surface area (Å²) in [6, 6.07) is 0.913. The van der Waals surface area contributed by atoms with Crippen molar-refractivity contribution in [3.8, 4) is 0 Å². The van der Waals surface area contributed by atoms with Crippen molar-refractivity contribution in [1.29, 1.82) is 0 Å². The minimum atomic E-state index is -0.162. The van der Waals surface area contributed by atoms with E-state index in [-0.39, 0.29) is 6.10 Å². The number of nitrogens with zero attached hydrogens (tertiary/aromatic N) is 5. The predicted molar refractivity (Wildman–Crippen MR) is 122 cm³/mol. The molecule has 3 heterocycles. The van der Waals surface area contributed by atoms with Crippen LogP contribution in [0.2, 0.25) is 0 Å². The number of rotatable bonds is 7. The summed E-state index contributed by atoms with van der Waals surface area (Å²) in [6.45, 7) is 6.34. The van der Waals surface area contributed by atoms with Crippen LogP contribution in [0.15, 0.2) is 12.4 Å². The van der Waals surface area contributed by atoms with Gasteiger partial charge >= 0.3 is 0 Å². The fourth-order valence-corrected chi connectivity index (χ4v) is 4.71. The molecule has 1 aliphatic carbocycles. The Morgan fingerprint density at radius 1 is 1.17 bits per heavy atom. The molecule has 0 spiro atoms. The van der Waals surface area contributed by atoms with Gasteiger partial charge in [0, 0.05) is 43.1 Å². The van der Waals surface area contributed by atoms with E-state index in [0.717, 1.165) is 68.3 Å². The Balaban J connectivity index is 1.68. The average Bonchev–Trinajstić information content (AvgIpc) is 2.67.